The van der Waals surface area contributed by atoms with E-state index in [1.54, 1.807) is 13.0 Å². The molecule has 1 saturated carbocycles. The first-order valence-electron chi connectivity index (χ1n) is 7.21. The zero-order valence-electron chi connectivity index (χ0n) is 12.2. The molecule has 0 spiro atoms. The second-order valence-electron chi connectivity index (χ2n) is 5.79. The number of ether oxygens (including phenoxy) is 1. The maximum absolute atomic E-state index is 11.3. The van der Waals surface area contributed by atoms with Crippen molar-refractivity contribution in [2.24, 2.45) is 5.92 Å². The molecule has 3 atom stereocenters. The largest absolute Gasteiger partial charge is 0.483 e. The molecular weight excluding hydrogens is 338 g/mol. The standard InChI is InChI=1S/C15H20BrNO4/c1-9-4-3-5-12(6-9)21-15-13(10(2)18)7-11(16)8-14(15)17(19)20/h7-10,12,18H,3-6H2,1-2H3. The Labute approximate surface area is 132 Å². The fraction of sp³-hybridized carbons (Fsp3) is 0.600. The van der Waals surface area contributed by atoms with E-state index in [2.05, 4.69) is 22.9 Å². The highest BCUT2D eigenvalue weighted by Gasteiger charge is 2.28. The average molecular weight is 358 g/mol. The molecule has 0 radical (unpaired) electrons. The third-order valence-electron chi connectivity index (χ3n) is 3.88. The van der Waals surface area contributed by atoms with E-state index in [1.165, 1.54) is 12.5 Å². The third kappa shape index (κ3) is 3.95. The lowest BCUT2D eigenvalue weighted by Gasteiger charge is -2.28. The fourth-order valence-corrected chi connectivity index (χ4v) is 3.29. The lowest BCUT2D eigenvalue weighted by atomic mass is 9.88. The molecule has 1 aliphatic rings. The van der Waals surface area contributed by atoms with Crippen LogP contribution in [0.3, 0.4) is 0 Å². The number of nitrogens with zero attached hydrogens (tertiary/aromatic N) is 1. The first-order chi connectivity index (χ1) is 9.88. The predicted octanol–water partition coefficient (Wildman–Crippen LogP) is 4.37. The molecular formula is C15H20BrNO4. The van der Waals surface area contributed by atoms with Crippen molar-refractivity contribution >= 4 is 21.6 Å². The first-order valence-corrected chi connectivity index (χ1v) is 8.00. The van der Waals surface area contributed by atoms with E-state index in [0.717, 1.165) is 19.3 Å². The summed E-state index contributed by atoms with van der Waals surface area (Å²) in [7, 11) is 0. The van der Waals surface area contributed by atoms with Crippen LogP contribution in [0.1, 0.15) is 51.2 Å². The highest BCUT2D eigenvalue weighted by molar-refractivity contribution is 9.10. The van der Waals surface area contributed by atoms with Crippen molar-refractivity contribution in [1.29, 1.82) is 0 Å². The summed E-state index contributed by atoms with van der Waals surface area (Å²) in [5.41, 5.74) is 0.354. The van der Waals surface area contributed by atoms with Crippen molar-refractivity contribution in [3.63, 3.8) is 0 Å². The second-order valence-corrected chi connectivity index (χ2v) is 6.70. The summed E-state index contributed by atoms with van der Waals surface area (Å²) in [5, 5.41) is 21.2. The van der Waals surface area contributed by atoms with Crippen LogP contribution in [0.4, 0.5) is 5.69 Å². The van der Waals surface area contributed by atoms with Gasteiger partial charge in [0.25, 0.3) is 0 Å². The minimum atomic E-state index is -0.822. The summed E-state index contributed by atoms with van der Waals surface area (Å²) < 4.78 is 6.51. The molecule has 0 heterocycles. The van der Waals surface area contributed by atoms with Gasteiger partial charge in [-0.05, 0) is 38.2 Å². The lowest BCUT2D eigenvalue weighted by Crippen LogP contribution is -2.25. The molecule has 1 fully saturated rings. The predicted molar refractivity (Wildman–Crippen MR) is 83.5 cm³/mol. The van der Waals surface area contributed by atoms with Gasteiger partial charge in [0.05, 0.1) is 17.1 Å². The number of hydrogen-bond acceptors (Lipinski definition) is 4. The maximum Gasteiger partial charge on any atom is 0.312 e. The Morgan fingerprint density at radius 3 is 2.76 bits per heavy atom. The highest BCUT2D eigenvalue weighted by atomic mass is 79.9. The minimum absolute atomic E-state index is 0.0221. The van der Waals surface area contributed by atoms with Gasteiger partial charge in [-0.15, -0.1) is 0 Å². The number of nitro groups is 1. The average Bonchev–Trinajstić information content (AvgIpc) is 2.39. The van der Waals surface area contributed by atoms with Crippen LogP contribution >= 0.6 is 15.9 Å². The summed E-state index contributed by atoms with van der Waals surface area (Å²) in [6.45, 7) is 3.75. The first kappa shape index (κ1) is 16.2. The fourth-order valence-electron chi connectivity index (χ4n) is 2.83. The Kier molecular flexibility index (Phi) is 5.22. The zero-order chi connectivity index (χ0) is 15.6. The smallest absolute Gasteiger partial charge is 0.312 e. The van der Waals surface area contributed by atoms with Crippen LogP contribution in [-0.2, 0) is 0 Å². The minimum Gasteiger partial charge on any atom is -0.483 e. The van der Waals surface area contributed by atoms with Gasteiger partial charge < -0.3 is 9.84 Å². The van der Waals surface area contributed by atoms with Gasteiger partial charge in [-0.3, -0.25) is 10.1 Å². The maximum atomic E-state index is 11.3. The van der Waals surface area contributed by atoms with Gasteiger partial charge >= 0.3 is 5.69 Å². The molecule has 0 saturated heterocycles. The van der Waals surface area contributed by atoms with Crippen LogP contribution in [0.15, 0.2) is 16.6 Å². The molecule has 116 valence electrons. The Bertz CT molecular complexity index is 533. The molecule has 0 aromatic heterocycles. The Morgan fingerprint density at radius 2 is 2.19 bits per heavy atom. The van der Waals surface area contributed by atoms with Gasteiger partial charge in [0, 0.05) is 16.1 Å². The molecule has 0 bridgehead atoms. The SMILES string of the molecule is CC1CCCC(Oc2c(C(C)O)cc(Br)cc2[N+](=O)[O-])C1. The van der Waals surface area contributed by atoms with Crippen LogP contribution in [-0.4, -0.2) is 16.1 Å². The van der Waals surface area contributed by atoms with Gasteiger partial charge in [-0.2, -0.15) is 0 Å². The Balaban J connectivity index is 2.37. The van der Waals surface area contributed by atoms with Gasteiger partial charge in [0.2, 0.25) is 5.75 Å². The van der Waals surface area contributed by atoms with Crippen molar-refractivity contribution in [1.82, 2.24) is 0 Å². The van der Waals surface area contributed by atoms with Gasteiger partial charge in [-0.25, -0.2) is 0 Å². The molecule has 3 unspecified atom stereocenters. The Hall–Kier alpha value is -1.14. The molecule has 1 aromatic rings. The third-order valence-corrected chi connectivity index (χ3v) is 4.34. The van der Waals surface area contributed by atoms with Crippen LogP contribution in [0, 0.1) is 16.0 Å². The van der Waals surface area contributed by atoms with Crippen molar-refractivity contribution in [3.8, 4) is 5.75 Å². The van der Waals surface area contributed by atoms with Crippen LogP contribution in [0.25, 0.3) is 0 Å². The lowest BCUT2D eigenvalue weighted by molar-refractivity contribution is -0.386. The monoisotopic (exact) mass is 357 g/mol. The molecule has 1 aromatic carbocycles. The number of aliphatic hydroxyl groups excluding tert-OH is 1. The number of hydrogen-bond donors (Lipinski definition) is 1. The summed E-state index contributed by atoms with van der Waals surface area (Å²) in [6.07, 6.45) is 3.19. The molecule has 2 rings (SSSR count). The van der Waals surface area contributed by atoms with E-state index in [4.69, 9.17) is 4.74 Å². The van der Waals surface area contributed by atoms with Crippen LogP contribution in [0.2, 0.25) is 0 Å². The van der Waals surface area contributed by atoms with Crippen molar-refractivity contribution < 1.29 is 14.8 Å². The van der Waals surface area contributed by atoms with E-state index >= 15 is 0 Å². The summed E-state index contributed by atoms with van der Waals surface area (Å²) in [5.74, 6) is 0.769. The van der Waals surface area contributed by atoms with Crippen LogP contribution in [0.5, 0.6) is 5.75 Å². The van der Waals surface area contributed by atoms with E-state index in [9.17, 15) is 15.2 Å². The van der Waals surface area contributed by atoms with E-state index < -0.39 is 11.0 Å². The summed E-state index contributed by atoms with van der Waals surface area (Å²) >= 11 is 3.25. The van der Waals surface area contributed by atoms with E-state index in [0.29, 0.717) is 16.0 Å². The molecule has 1 aliphatic carbocycles. The Morgan fingerprint density at radius 1 is 1.48 bits per heavy atom. The number of halogens is 1. The molecule has 6 heteroatoms. The second kappa shape index (κ2) is 6.75. The van der Waals surface area contributed by atoms with Crippen LogP contribution < -0.4 is 4.74 Å². The number of nitro benzene ring substituents is 1. The van der Waals surface area contributed by atoms with E-state index in [1.807, 2.05) is 0 Å². The van der Waals surface area contributed by atoms with Crippen molar-refractivity contribution in [2.75, 3.05) is 0 Å². The van der Waals surface area contributed by atoms with Gasteiger partial charge in [-0.1, -0.05) is 29.3 Å². The number of aliphatic hydroxyl groups is 1. The molecule has 1 N–H and O–H groups in total. The number of rotatable bonds is 4. The molecule has 0 amide bonds. The topological polar surface area (TPSA) is 72.6 Å². The number of benzene rings is 1. The highest BCUT2D eigenvalue weighted by Crippen LogP contribution is 2.40. The molecule has 5 nitrogen and oxygen atoms in total. The summed E-state index contributed by atoms with van der Waals surface area (Å²) in [6, 6.07) is 3.10. The summed E-state index contributed by atoms with van der Waals surface area (Å²) in [4.78, 5) is 10.8. The van der Waals surface area contributed by atoms with Gasteiger partial charge in [0.15, 0.2) is 0 Å². The quantitative estimate of drug-likeness (QED) is 0.641. The van der Waals surface area contributed by atoms with E-state index in [-0.39, 0.29) is 17.5 Å². The molecule has 0 aliphatic heterocycles. The van der Waals surface area contributed by atoms with Gasteiger partial charge in [0.1, 0.15) is 0 Å². The van der Waals surface area contributed by atoms with Crippen molar-refractivity contribution in [3.05, 3.63) is 32.3 Å². The normalized spacial score (nSPS) is 23.6. The molecule has 21 heavy (non-hydrogen) atoms. The van der Waals surface area contributed by atoms with Crippen molar-refractivity contribution in [2.45, 2.75) is 51.7 Å². The zero-order valence-corrected chi connectivity index (χ0v) is 13.8.